The minimum atomic E-state index is -3.87. The maximum Gasteiger partial charge on any atom is 0.331 e. The van der Waals surface area contributed by atoms with Crippen molar-refractivity contribution in [2.24, 2.45) is 0 Å². The standard InChI is InChI=1S/C24H29N7O5S/c1-27(2)12-13-28(3)20-16-22(36-5)17(14-21(20)31(32)33)15-23-25-11-10-24(26-23)30-19-9-7-6-8-18(19)29(4)37(30,34)35/h6-11,14,16H,12-13,15H2,1-5H3. The molecule has 0 atom stereocenters. The number of fused-ring (bicyclic) bond motifs is 1. The molecule has 0 fully saturated rings. The van der Waals surface area contributed by atoms with E-state index in [9.17, 15) is 18.5 Å². The van der Waals surface area contributed by atoms with E-state index in [2.05, 4.69) is 9.97 Å². The van der Waals surface area contributed by atoms with Crippen molar-refractivity contribution in [2.75, 3.05) is 61.9 Å². The fourth-order valence-corrected chi connectivity index (χ4v) is 5.51. The van der Waals surface area contributed by atoms with Gasteiger partial charge in [-0.2, -0.15) is 8.42 Å². The molecule has 1 aliphatic rings. The second kappa shape index (κ2) is 10.2. The molecule has 37 heavy (non-hydrogen) atoms. The average Bonchev–Trinajstić information content (AvgIpc) is 3.07. The summed E-state index contributed by atoms with van der Waals surface area (Å²) in [6, 6.07) is 11.6. The zero-order valence-corrected chi connectivity index (χ0v) is 22.1. The Labute approximate surface area is 216 Å². The number of ether oxygens (including phenoxy) is 1. The second-order valence-electron chi connectivity index (χ2n) is 8.87. The lowest BCUT2D eigenvalue weighted by molar-refractivity contribution is -0.384. The van der Waals surface area contributed by atoms with Crippen molar-refractivity contribution in [3.05, 3.63) is 70.2 Å². The first kappa shape index (κ1) is 26.1. The van der Waals surface area contributed by atoms with Gasteiger partial charge in [0.2, 0.25) is 0 Å². The van der Waals surface area contributed by atoms with Crippen LogP contribution in [-0.2, 0) is 16.6 Å². The van der Waals surface area contributed by atoms with E-state index in [-0.39, 0.29) is 17.9 Å². The number of rotatable bonds is 9. The van der Waals surface area contributed by atoms with Gasteiger partial charge in [0.1, 0.15) is 17.3 Å². The molecule has 0 amide bonds. The van der Waals surface area contributed by atoms with Gasteiger partial charge in [-0.25, -0.2) is 14.3 Å². The van der Waals surface area contributed by atoms with Crippen molar-refractivity contribution in [1.29, 1.82) is 0 Å². The summed E-state index contributed by atoms with van der Waals surface area (Å²) >= 11 is 0. The number of anilines is 4. The third-order valence-corrected chi connectivity index (χ3v) is 7.87. The summed E-state index contributed by atoms with van der Waals surface area (Å²) < 4.78 is 34.2. The molecule has 4 rings (SSSR count). The van der Waals surface area contributed by atoms with Crippen LogP contribution in [0.4, 0.5) is 28.6 Å². The van der Waals surface area contributed by atoms with Crippen molar-refractivity contribution in [3.63, 3.8) is 0 Å². The van der Waals surface area contributed by atoms with E-state index in [0.29, 0.717) is 40.7 Å². The van der Waals surface area contributed by atoms with E-state index >= 15 is 0 Å². The lowest BCUT2D eigenvalue weighted by atomic mass is 10.1. The number of likely N-dealkylation sites (N-methyl/N-ethyl adjacent to an activating group) is 2. The summed E-state index contributed by atoms with van der Waals surface area (Å²) in [4.78, 5) is 24.1. The smallest absolute Gasteiger partial charge is 0.331 e. The molecule has 1 aliphatic heterocycles. The van der Waals surface area contributed by atoms with Gasteiger partial charge in [-0.3, -0.25) is 14.4 Å². The van der Waals surface area contributed by atoms with Gasteiger partial charge in [-0.15, -0.1) is 0 Å². The van der Waals surface area contributed by atoms with Crippen LogP contribution in [-0.4, -0.2) is 76.6 Å². The number of nitro benzene ring substituents is 1. The average molecular weight is 528 g/mol. The molecular weight excluding hydrogens is 498 g/mol. The number of nitro groups is 1. The maximum atomic E-state index is 13.1. The highest BCUT2D eigenvalue weighted by Crippen LogP contribution is 2.43. The van der Waals surface area contributed by atoms with Gasteiger partial charge in [0.05, 0.1) is 23.4 Å². The van der Waals surface area contributed by atoms with E-state index in [1.165, 1.54) is 36.8 Å². The van der Waals surface area contributed by atoms with Crippen LogP contribution in [0, 0.1) is 10.1 Å². The molecular formula is C24H29N7O5S. The van der Waals surface area contributed by atoms with Crippen LogP contribution in [0.5, 0.6) is 5.75 Å². The molecule has 2 aromatic carbocycles. The van der Waals surface area contributed by atoms with E-state index in [0.717, 1.165) is 10.8 Å². The van der Waals surface area contributed by atoms with Crippen LogP contribution in [0.15, 0.2) is 48.7 Å². The third-order valence-electron chi connectivity index (χ3n) is 6.13. The highest BCUT2D eigenvalue weighted by atomic mass is 32.2. The zero-order valence-electron chi connectivity index (χ0n) is 21.3. The number of aromatic nitrogens is 2. The van der Waals surface area contributed by atoms with E-state index in [1.807, 2.05) is 23.9 Å². The highest BCUT2D eigenvalue weighted by Gasteiger charge is 2.39. The summed E-state index contributed by atoms with van der Waals surface area (Å²) in [6.45, 7) is 1.30. The fraction of sp³-hybridized carbons (Fsp3) is 0.333. The largest absolute Gasteiger partial charge is 0.496 e. The Morgan fingerprint density at radius 3 is 2.43 bits per heavy atom. The van der Waals surface area contributed by atoms with E-state index in [1.54, 1.807) is 37.4 Å². The maximum absolute atomic E-state index is 13.1. The molecule has 0 unspecified atom stereocenters. The summed E-state index contributed by atoms with van der Waals surface area (Å²) in [5, 5.41) is 11.9. The third kappa shape index (κ3) is 5.00. The van der Waals surface area contributed by atoms with Crippen LogP contribution in [0.1, 0.15) is 11.4 Å². The monoisotopic (exact) mass is 527 g/mol. The minimum absolute atomic E-state index is 0.0640. The van der Waals surface area contributed by atoms with Gasteiger partial charge in [0.15, 0.2) is 5.82 Å². The number of hydrogen-bond acceptors (Lipinski definition) is 9. The van der Waals surface area contributed by atoms with Crippen LogP contribution in [0.2, 0.25) is 0 Å². The van der Waals surface area contributed by atoms with Crippen molar-refractivity contribution in [1.82, 2.24) is 14.9 Å². The molecule has 1 aromatic heterocycles. The summed E-state index contributed by atoms with van der Waals surface area (Å²) in [5.41, 5.74) is 1.90. The topological polar surface area (TPSA) is 125 Å². The SMILES string of the molecule is COc1cc(N(C)CCN(C)C)c([N+](=O)[O-])cc1Cc1nccc(N2c3ccccc3N(C)S2(=O)=O)n1. The van der Waals surface area contributed by atoms with Crippen LogP contribution in [0.3, 0.4) is 0 Å². The Morgan fingerprint density at radius 2 is 1.78 bits per heavy atom. The minimum Gasteiger partial charge on any atom is -0.496 e. The first-order valence-electron chi connectivity index (χ1n) is 11.5. The van der Waals surface area contributed by atoms with Crippen LogP contribution >= 0.6 is 0 Å². The molecule has 0 saturated carbocycles. The molecule has 0 aliphatic carbocycles. The van der Waals surface area contributed by atoms with Gasteiger partial charge in [-0.1, -0.05) is 12.1 Å². The molecule has 0 N–H and O–H groups in total. The molecule has 196 valence electrons. The molecule has 2 heterocycles. The predicted octanol–water partition coefficient (Wildman–Crippen LogP) is 2.81. The first-order valence-corrected chi connectivity index (χ1v) is 12.9. The second-order valence-corrected chi connectivity index (χ2v) is 10.7. The Bertz CT molecular complexity index is 1430. The predicted molar refractivity (Wildman–Crippen MR) is 142 cm³/mol. The highest BCUT2D eigenvalue weighted by molar-refractivity contribution is 7.95. The quantitative estimate of drug-likeness (QED) is 0.305. The van der Waals surface area contributed by atoms with Crippen molar-refractivity contribution in [3.8, 4) is 5.75 Å². The molecule has 3 aromatic rings. The van der Waals surface area contributed by atoms with Gasteiger partial charge >= 0.3 is 10.2 Å². The van der Waals surface area contributed by atoms with E-state index < -0.39 is 15.1 Å². The number of para-hydroxylation sites is 2. The summed E-state index contributed by atoms with van der Waals surface area (Å²) in [5.74, 6) is 0.918. The van der Waals surface area contributed by atoms with Crippen LogP contribution in [0.25, 0.3) is 0 Å². The Morgan fingerprint density at radius 1 is 1.08 bits per heavy atom. The van der Waals surface area contributed by atoms with E-state index in [4.69, 9.17) is 4.74 Å². The number of hydrogen-bond donors (Lipinski definition) is 0. The van der Waals surface area contributed by atoms with Gasteiger partial charge in [0, 0.05) is 63.6 Å². The van der Waals surface area contributed by atoms with Gasteiger partial charge < -0.3 is 14.5 Å². The molecule has 0 spiro atoms. The number of benzene rings is 2. The summed E-state index contributed by atoms with van der Waals surface area (Å²) in [6.07, 6.45) is 1.57. The summed E-state index contributed by atoms with van der Waals surface area (Å²) in [7, 11) is 4.77. The lowest BCUT2D eigenvalue weighted by Crippen LogP contribution is -2.33. The Kier molecular flexibility index (Phi) is 7.18. The van der Waals surface area contributed by atoms with Crippen molar-refractivity contribution < 1.29 is 18.1 Å². The normalized spacial score (nSPS) is 14.1. The number of nitrogens with zero attached hydrogens (tertiary/aromatic N) is 7. The fourth-order valence-electron chi connectivity index (χ4n) is 4.12. The number of methoxy groups -OCH3 is 1. The zero-order chi connectivity index (χ0) is 26.9. The molecule has 12 nitrogen and oxygen atoms in total. The Balaban J connectivity index is 1.71. The first-order chi connectivity index (χ1) is 17.5. The molecule has 13 heteroatoms. The van der Waals surface area contributed by atoms with Gasteiger partial charge in [-0.05, 0) is 26.2 Å². The van der Waals surface area contributed by atoms with Gasteiger partial charge in [0.25, 0.3) is 5.69 Å². The molecule has 0 radical (unpaired) electrons. The molecule has 0 saturated heterocycles. The van der Waals surface area contributed by atoms with Crippen molar-refractivity contribution in [2.45, 2.75) is 6.42 Å². The van der Waals surface area contributed by atoms with Crippen molar-refractivity contribution >= 4 is 38.8 Å². The molecule has 0 bridgehead atoms. The van der Waals surface area contributed by atoms with Crippen LogP contribution < -0.4 is 18.2 Å². The Hall–Kier alpha value is -3.97. The lowest BCUT2D eigenvalue weighted by Gasteiger charge is -2.22.